The average molecular weight is 789 g/mol. The average Bonchev–Trinajstić information content (AvgIpc) is 3.16. The molecule has 2 saturated carbocycles. The van der Waals surface area contributed by atoms with Crippen molar-refractivity contribution in [1.82, 2.24) is 0 Å². The smallest absolute Gasteiger partial charge is 0.187 e. The molecule has 0 aromatic carbocycles. The predicted octanol–water partition coefficient (Wildman–Crippen LogP) is -7.37. The van der Waals surface area contributed by atoms with Crippen molar-refractivity contribution >= 4 is 0 Å². The minimum atomic E-state index is -1.77. The number of aliphatic hydroxyl groups is 14. The molecule has 0 aromatic heterocycles. The van der Waals surface area contributed by atoms with Gasteiger partial charge in [0.2, 0.25) is 0 Å². The van der Waals surface area contributed by atoms with Crippen LogP contribution in [0.1, 0.15) is 38.5 Å². The van der Waals surface area contributed by atoms with E-state index in [0.717, 1.165) is 0 Å². The second-order valence-corrected chi connectivity index (χ2v) is 15.4. The molecular weight excluding hydrogens is 732 g/mol. The van der Waals surface area contributed by atoms with Gasteiger partial charge in [0, 0.05) is 12.3 Å². The standard InChI is InChI=1S/C33H56O21/c34-7-18-21(39)24(42)27(45)31(52-18)49-15-5-11(37)4-14-12(15)6-17(51-33-29(47)26(44)23(41)20(9-36)54-33)30(48-14)10-1-2-13(38)16(3-10)50-32-28(46)25(43)22(40)19(8-35)53-32/h10-47H,1-9H2/t10?,11?,12?,13?,14?,15?,16?,17?,18-,19-,20-,21-,22-,23-,24+,25+,26+,27-,28-,29-,30?,31-,32-,33-/m1/s1. The Bertz CT molecular complexity index is 1180. The molecule has 314 valence electrons. The summed E-state index contributed by atoms with van der Waals surface area (Å²) in [6, 6.07) is 0. The zero-order valence-corrected chi connectivity index (χ0v) is 29.3. The van der Waals surface area contributed by atoms with Gasteiger partial charge < -0.3 is 105 Å². The van der Waals surface area contributed by atoms with Crippen molar-refractivity contribution in [2.75, 3.05) is 19.8 Å². The van der Waals surface area contributed by atoms with Crippen molar-refractivity contribution in [2.24, 2.45) is 11.8 Å². The lowest BCUT2D eigenvalue weighted by atomic mass is 9.72. The highest BCUT2D eigenvalue weighted by molar-refractivity contribution is 5.01. The zero-order chi connectivity index (χ0) is 39.2. The van der Waals surface area contributed by atoms with Crippen LogP contribution in [0.15, 0.2) is 0 Å². The largest absolute Gasteiger partial charge is 0.394 e. The molecule has 0 radical (unpaired) electrons. The van der Waals surface area contributed by atoms with Crippen molar-refractivity contribution in [1.29, 1.82) is 0 Å². The fourth-order valence-corrected chi connectivity index (χ4v) is 8.72. The molecule has 14 N–H and O–H groups in total. The van der Waals surface area contributed by atoms with Gasteiger partial charge in [-0.15, -0.1) is 0 Å². The third-order valence-electron chi connectivity index (χ3n) is 11.9. The molecule has 6 fully saturated rings. The number of fused-ring (bicyclic) bond motifs is 1. The van der Waals surface area contributed by atoms with Crippen LogP contribution in [-0.2, 0) is 33.2 Å². The van der Waals surface area contributed by atoms with E-state index in [1.807, 2.05) is 0 Å². The van der Waals surface area contributed by atoms with Crippen LogP contribution in [0.3, 0.4) is 0 Å². The van der Waals surface area contributed by atoms with Crippen LogP contribution in [0.5, 0.6) is 0 Å². The van der Waals surface area contributed by atoms with E-state index in [1.165, 1.54) is 0 Å². The molecule has 4 heterocycles. The van der Waals surface area contributed by atoms with E-state index < -0.39 is 167 Å². The van der Waals surface area contributed by atoms with Crippen LogP contribution in [0.2, 0.25) is 0 Å². The van der Waals surface area contributed by atoms with Crippen LogP contribution in [0, 0.1) is 11.8 Å². The highest BCUT2D eigenvalue weighted by atomic mass is 16.7. The van der Waals surface area contributed by atoms with E-state index >= 15 is 0 Å². The van der Waals surface area contributed by atoms with Crippen LogP contribution in [0.4, 0.5) is 0 Å². The van der Waals surface area contributed by atoms with Crippen molar-refractivity contribution in [3.05, 3.63) is 0 Å². The summed E-state index contributed by atoms with van der Waals surface area (Å²) in [4.78, 5) is 0. The normalized spacial score (nSPS) is 54.6. The van der Waals surface area contributed by atoms with E-state index in [0.29, 0.717) is 6.42 Å². The first-order chi connectivity index (χ1) is 25.7. The molecule has 6 rings (SSSR count). The monoisotopic (exact) mass is 788 g/mol. The maximum Gasteiger partial charge on any atom is 0.187 e. The van der Waals surface area contributed by atoms with Gasteiger partial charge in [-0.1, -0.05) is 0 Å². The van der Waals surface area contributed by atoms with E-state index in [1.54, 1.807) is 0 Å². The Labute approximate surface area is 309 Å². The summed E-state index contributed by atoms with van der Waals surface area (Å²) in [5, 5.41) is 145. The summed E-state index contributed by atoms with van der Waals surface area (Å²) in [7, 11) is 0. The van der Waals surface area contributed by atoms with E-state index in [-0.39, 0.29) is 32.1 Å². The van der Waals surface area contributed by atoms with Crippen molar-refractivity contribution in [2.45, 2.75) is 173 Å². The van der Waals surface area contributed by atoms with Crippen molar-refractivity contribution < 1.29 is 105 Å². The summed E-state index contributed by atoms with van der Waals surface area (Å²) in [5.41, 5.74) is 0. The number of hydrogen-bond acceptors (Lipinski definition) is 21. The molecule has 6 aliphatic rings. The molecule has 0 bridgehead atoms. The first-order valence-electron chi connectivity index (χ1n) is 18.6. The third-order valence-corrected chi connectivity index (χ3v) is 11.9. The van der Waals surface area contributed by atoms with E-state index in [2.05, 4.69) is 0 Å². The molecule has 54 heavy (non-hydrogen) atoms. The SMILES string of the molecule is OC[C@H]1O[C@@H](OC2CC(C3OC4CC(O)CC(O[C@@H]5O[C@H](CO)[C@@H](O)[C@H](O)[C@H]5O)C4CC3O[C@@H]3O[C@H](CO)[C@@H](O)[C@H](O)[C@H]3O)CCC2O)[C@H](O)[C@@H](O)[C@@H]1O. The summed E-state index contributed by atoms with van der Waals surface area (Å²) >= 11 is 0. The molecule has 0 aromatic rings. The number of hydrogen-bond donors (Lipinski definition) is 14. The topological polar surface area (TPSA) is 348 Å². The molecule has 2 aliphatic carbocycles. The molecule has 4 saturated heterocycles. The van der Waals surface area contributed by atoms with Crippen molar-refractivity contribution in [3.63, 3.8) is 0 Å². The van der Waals surface area contributed by atoms with Gasteiger partial charge >= 0.3 is 0 Å². The first kappa shape index (κ1) is 42.8. The summed E-state index contributed by atoms with van der Waals surface area (Å²) in [6.07, 6.45) is -29.7. The lowest BCUT2D eigenvalue weighted by Gasteiger charge is -2.53. The van der Waals surface area contributed by atoms with Gasteiger partial charge in [0.05, 0.1) is 62.5 Å². The Balaban J connectivity index is 1.24. The minimum Gasteiger partial charge on any atom is -0.394 e. The van der Waals surface area contributed by atoms with E-state index in [9.17, 15) is 71.5 Å². The fourth-order valence-electron chi connectivity index (χ4n) is 8.72. The van der Waals surface area contributed by atoms with Gasteiger partial charge in [0.15, 0.2) is 18.9 Å². The minimum absolute atomic E-state index is 0.0155. The van der Waals surface area contributed by atoms with Gasteiger partial charge in [0.1, 0.15) is 73.2 Å². The van der Waals surface area contributed by atoms with Gasteiger partial charge in [-0.3, -0.25) is 0 Å². The Kier molecular flexibility index (Phi) is 14.2. The van der Waals surface area contributed by atoms with Crippen molar-refractivity contribution in [3.8, 4) is 0 Å². The molecule has 21 heteroatoms. The van der Waals surface area contributed by atoms with Gasteiger partial charge in [-0.25, -0.2) is 0 Å². The van der Waals surface area contributed by atoms with Crippen LogP contribution in [0.25, 0.3) is 0 Å². The number of ether oxygens (including phenoxy) is 7. The number of rotatable bonds is 10. The fraction of sp³-hybridized carbons (Fsp3) is 1.00. The van der Waals surface area contributed by atoms with Crippen LogP contribution < -0.4 is 0 Å². The highest BCUT2D eigenvalue weighted by Crippen LogP contribution is 2.45. The molecule has 0 spiro atoms. The number of aliphatic hydroxyl groups excluding tert-OH is 14. The lowest BCUT2D eigenvalue weighted by Crippen LogP contribution is -2.63. The molecule has 21 nitrogen and oxygen atoms in total. The summed E-state index contributed by atoms with van der Waals surface area (Å²) < 4.78 is 41.8. The van der Waals surface area contributed by atoms with Gasteiger partial charge in [-0.2, -0.15) is 0 Å². The third kappa shape index (κ3) is 8.63. The van der Waals surface area contributed by atoms with Gasteiger partial charge in [0.25, 0.3) is 0 Å². The highest BCUT2D eigenvalue weighted by Gasteiger charge is 2.55. The molecule has 0 amide bonds. The van der Waals surface area contributed by atoms with E-state index in [4.69, 9.17) is 33.2 Å². The quantitative estimate of drug-likeness (QED) is 0.0977. The van der Waals surface area contributed by atoms with Gasteiger partial charge in [-0.05, 0) is 38.0 Å². The van der Waals surface area contributed by atoms with Crippen LogP contribution in [-0.4, -0.2) is 226 Å². The molecule has 24 atom stereocenters. The second kappa shape index (κ2) is 18.0. The molecular formula is C33H56O21. The Morgan fingerprint density at radius 2 is 0.870 bits per heavy atom. The lowest BCUT2D eigenvalue weighted by molar-refractivity contribution is -0.346. The molecule has 9 unspecified atom stereocenters. The van der Waals surface area contributed by atoms with Crippen LogP contribution >= 0.6 is 0 Å². The second-order valence-electron chi connectivity index (χ2n) is 15.4. The first-order valence-corrected chi connectivity index (χ1v) is 18.6. The Morgan fingerprint density at radius 3 is 1.33 bits per heavy atom. The molecule has 4 aliphatic heterocycles. The summed E-state index contributed by atoms with van der Waals surface area (Å²) in [5.74, 6) is -1.11. The maximum atomic E-state index is 11.0. The maximum absolute atomic E-state index is 11.0. The zero-order valence-electron chi connectivity index (χ0n) is 29.3. The Hall–Kier alpha value is -0.840. The summed E-state index contributed by atoms with van der Waals surface area (Å²) in [6.45, 7) is -2.10. The predicted molar refractivity (Wildman–Crippen MR) is 171 cm³/mol. The Morgan fingerprint density at radius 1 is 0.426 bits per heavy atom.